The minimum Gasteiger partial charge on any atom is -0.481 e. The number of amides is 2. The van der Waals surface area contributed by atoms with Crippen molar-refractivity contribution in [3.05, 3.63) is 34.9 Å². The van der Waals surface area contributed by atoms with Crippen molar-refractivity contribution in [2.45, 2.75) is 25.5 Å². The number of carbonyl (C=O) groups is 2. The van der Waals surface area contributed by atoms with Crippen molar-refractivity contribution in [1.29, 1.82) is 0 Å². The molecule has 7 heteroatoms. The minimum atomic E-state index is -1.48. The number of benzene rings is 1. The van der Waals surface area contributed by atoms with E-state index in [-0.39, 0.29) is 6.54 Å². The highest BCUT2D eigenvalue weighted by molar-refractivity contribution is 6.30. The zero-order valence-corrected chi connectivity index (χ0v) is 12.7. The Morgan fingerprint density at radius 2 is 1.90 bits per heavy atom. The quantitative estimate of drug-likeness (QED) is 0.745. The van der Waals surface area contributed by atoms with Crippen LogP contribution in [-0.2, 0) is 11.3 Å². The van der Waals surface area contributed by atoms with E-state index in [0.717, 1.165) is 5.56 Å². The Balaban J connectivity index is 2.47. The van der Waals surface area contributed by atoms with Gasteiger partial charge < -0.3 is 20.4 Å². The van der Waals surface area contributed by atoms with E-state index in [0.29, 0.717) is 11.6 Å². The summed E-state index contributed by atoms with van der Waals surface area (Å²) in [5.74, 6) is -1.12. The molecule has 0 aliphatic rings. The van der Waals surface area contributed by atoms with E-state index in [1.807, 2.05) is 12.1 Å². The topological polar surface area (TPSA) is 89.9 Å². The van der Waals surface area contributed by atoms with Gasteiger partial charge in [-0.05, 0) is 24.6 Å². The van der Waals surface area contributed by atoms with Crippen LogP contribution in [-0.4, -0.2) is 46.3 Å². The first-order chi connectivity index (χ1) is 9.69. The first-order valence-corrected chi connectivity index (χ1v) is 6.75. The summed E-state index contributed by atoms with van der Waals surface area (Å²) >= 11 is 5.78. The molecule has 116 valence electrons. The van der Waals surface area contributed by atoms with Gasteiger partial charge in [-0.15, -0.1) is 0 Å². The Kier molecular flexibility index (Phi) is 5.99. The minimum absolute atomic E-state index is 0.136. The molecule has 1 rings (SSSR count). The maximum atomic E-state index is 11.9. The predicted octanol–water partition coefficient (Wildman–Crippen LogP) is 1.71. The molecule has 0 fully saturated rings. The Bertz CT molecular complexity index is 502. The van der Waals surface area contributed by atoms with Crippen molar-refractivity contribution in [3.8, 4) is 0 Å². The Hall–Kier alpha value is -1.79. The standard InChI is InChI=1S/C14H19ClN2O4/c1-14(21,7-12(18)19)9-16-13(20)17(2)8-10-3-5-11(15)6-4-10/h3-6,21H,7-9H2,1-2H3,(H,16,20)(H,18,19). The van der Waals surface area contributed by atoms with Crippen LogP contribution in [0.25, 0.3) is 0 Å². The molecule has 0 aliphatic heterocycles. The molecule has 0 bridgehead atoms. The molecule has 0 heterocycles. The Labute approximate surface area is 128 Å². The molecule has 0 spiro atoms. The first kappa shape index (κ1) is 17.3. The zero-order valence-electron chi connectivity index (χ0n) is 12.0. The molecule has 21 heavy (non-hydrogen) atoms. The van der Waals surface area contributed by atoms with Gasteiger partial charge in [0.05, 0.1) is 12.0 Å². The van der Waals surface area contributed by atoms with Gasteiger partial charge >= 0.3 is 12.0 Å². The number of carboxylic acids is 1. The van der Waals surface area contributed by atoms with Gasteiger partial charge in [-0.3, -0.25) is 4.79 Å². The van der Waals surface area contributed by atoms with Crippen molar-refractivity contribution in [1.82, 2.24) is 10.2 Å². The van der Waals surface area contributed by atoms with Gasteiger partial charge in [0.15, 0.2) is 0 Å². The number of carboxylic acid groups (broad SMARTS) is 1. The van der Waals surface area contributed by atoms with Crippen molar-refractivity contribution in [3.63, 3.8) is 0 Å². The van der Waals surface area contributed by atoms with E-state index in [4.69, 9.17) is 16.7 Å². The molecule has 2 amide bonds. The van der Waals surface area contributed by atoms with Crippen LogP contribution in [0.3, 0.4) is 0 Å². The highest BCUT2D eigenvalue weighted by atomic mass is 35.5. The Morgan fingerprint density at radius 3 is 2.43 bits per heavy atom. The van der Waals surface area contributed by atoms with Gasteiger partial charge in [0.25, 0.3) is 0 Å². The molecule has 1 unspecified atom stereocenters. The average Bonchev–Trinajstić information content (AvgIpc) is 2.37. The van der Waals surface area contributed by atoms with Crippen molar-refractivity contribution in [2.24, 2.45) is 0 Å². The number of rotatable bonds is 6. The van der Waals surface area contributed by atoms with Crippen molar-refractivity contribution < 1.29 is 19.8 Å². The molecular weight excluding hydrogens is 296 g/mol. The SMILES string of the molecule is CN(Cc1ccc(Cl)cc1)C(=O)NCC(C)(O)CC(=O)O. The molecule has 0 radical (unpaired) electrons. The maximum Gasteiger partial charge on any atom is 0.317 e. The summed E-state index contributed by atoms with van der Waals surface area (Å²) in [6.07, 6.45) is -0.436. The number of hydrogen-bond acceptors (Lipinski definition) is 3. The summed E-state index contributed by atoms with van der Waals surface area (Å²) in [6, 6.07) is 6.70. The third-order valence-electron chi connectivity index (χ3n) is 2.83. The highest BCUT2D eigenvalue weighted by Crippen LogP contribution is 2.11. The van der Waals surface area contributed by atoms with Gasteiger partial charge in [-0.25, -0.2) is 4.79 Å². The lowest BCUT2D eigenvalue weighted by Crippen LogP contribution is -2.46. The van der Waals surface area contributed by atoms with E-state index in [1.165, 1.54) is 11.8 Å². The van der Waals surface area contributed by atoms with Gasteiger partial charge in [0.2, 0.25) is 0 Å². The molecule has 0 aliphatic carbocycles. The van der Waals surface area contributed by atoms with Crippen LogP contribution in [0.1, 0.15) is 18.9 Å². The summed E-state index contributed by atoms with van der Waals surface area (Å²) in [4.78, 5) is 23.9. The fraction of sp³-hybridized carbons (Fsp3) is 0.429. The molecule has 6 nitrogen and oxygen atoms in total. The van der Waals surface area contributed by atoms with Crippen LogP contribution in [0.4, 0.5) is 4.79 Å². The van der Waals surface area contributed by atoms with E-state index >= 15 is 0 Å². The molecule has 1 aromatic carbocycles. The highest BCUT2D eigenvalue weighted by Gasteiger charge is 2.25. The largest absolute Gasteiger partial charge is 0.481 e. The zero-order chi connectivity index (χ0) is 16.0. The van der Waals surface area contributed by atoms with Gasteiger partial charge in [-0.2, -0.15) is 0 Å². The fourth-order valence-corrected chi connectivity index (χ4v) is 1.85. The van der Waals surface area contributed by atoms with Crippen LogP contribution < -0.4 is 5.32 Å². The summed E-state index contributed by atoms with van der Waals surface area (Å²) in [6.45, 7) is 1.60. The first-order valence-electron chi connectivity index (χ1n) is 6.37. The van der Waals surface area contributed by atoms with Gasteiger partial charge in [-0.1, -0.05) is 23.7 Å². The molecule has 0 aromatic heterocycles. The van der Waals surface area contributed by atoms with E-state index in [1.54, 1.807) is 19.2 Å². The molecule has 3 N–H and O–H groups in total. The van der Waals surface area contributed by atoms with Gasteiger partial charge in [0, 0.05) is 25.2 Å². The number of halogens is 1. The fourth-order valence-electron chi connectivity index (χ4n) is 1.72. The van der Waals surface area contributed by atoms with Crippen LogP contribution in [0, 0.1) is 0 Å². The lowest BCUT2D eigenvalue weighted by Gasteiger charge is -2.24. The molecular formula is C14H19ClN2O4. The lowest BCUT2D eigenvalue weighted by atomic mass is 10.0. The number of urea groups is 1. The normalized spacial score (nSPS) is 13.3. The molecule has 1 aromatic rings. The molecule has 0 saturated carbocycles. The Morgan fingerprint density at radius 1 is 1.33 bits per heavy atom. The van der Waals surface area contributed by atoms with Crippen LogP contribution in [0.15, 0.2) is 24.3 Å². The average molecular weight is 315 g/mol. The monoisotopic (exact) mass is 314 g/mol. The second-order valence-electron chi connectivity index (χ2n) is 5.21. The maximum absolute atomic E-state index is 11.9. The molecule has 0 saturated heterocycles. The van der Waals surface area contributed by atoms with Crippen molar-refractivity contribution in [2.75, 3.05) is 13.6 Å². The van der Waals surface area contributed by atoms with Crippen LogP contribution in [0.5, 0.6) is 0 Å². The second kappa shape index (κ2) is 7.28. The third-order valence-corrected chi connectivity index (χ3v) is 3.08. The van der Waals surface area contributed by atoms with Gasteiger partial charge in [0.1, 0.15) is 0 Å². The summed E-state index contributed by atoms with van der Waals surface area (Å²) in [7, 11) is 1.61. The number of aliphatic hydroxyl groups is 1. The lowest BCUT2D eigenvalue weighted by molar-refractivity contribution is -0.141. The number of nitrogens with zero attached hydrogens (tertiary/aromatic N) is 1. The number of carbonyl (C=O) groups excluding carboxylic acids is 1. The van der Waals surface area contributed by atoms with E-state index < -0.39 is 24.0 Å². The predicted molar refractivity (Wildman–Crippen MR) is 79.2 cm³/mol. The van der Waals surface area contributed by atoms with Crippen molar-refractivity contribution >= 4 is 23.6 Å². The second-order valence-corrected chi connectivity index (χ2v) is 5.65. The summed E-state index contributed by atoms with van der Waals surface area (Å²) < 4.78 is 0. The van der Waals surface area contributed by atoms with E-state index in [2.05, 4.69) is 5.32 Å². The smallest absolute Gasteiger partial charge is 0.317 e. The number of aliphatic carboxylic acids is 1. The number of hydrogen-bond donors (Lipinski definition) is 3. The number of nitrogens with one attached hydrogen (secondary N) is 1. The summed E-state index contributed by atoms with van der Waals surface area (Å²) in [5.41, 5.74) is -0.572. The summed E-state index contributed by atoms with van der Waals surface area (Å²) in [5, 5.41) is 21.6. The third kappa shape index (κ3) is 6.46. The van der Waals surface area contributed by atoms with Crippen LogP contribution in [0.2, 0.25) is 5.02 Å². The molecule has 1 atom stereocenters. The van der Waals surface area contributed by atoms with Crippen LogP contribution >= 0.6 is 11.6 Å². The van der Waals surface area contributed by atoms with E-state index in [9.17, 15) is 14.7 Å².